The summed E-state index contributed by atoms with van der Waals surface area (Å²) in [4.78, 5) is 52.1. The summed E-state index contributed by atoms with van der Waals surface area (Å²) in [7, 11) is -10.3. The van der Waals surface area contributed by atoms with Crippen LogP contribution in [0, 0.1) is 13.8 Å². The quantitative estimate of drug-likeness (QED) is 0.160. The van der Waals surface area contributed by atoms with E-state index in [4.69, 9.17) is 15.2 Å². The van der Waals surface area contributed by atoms with Gasteiger partial charge in [0.05, 0.1) is 24.5 Å². The van der Waals surface area contributed by atoms with Gasteiger partial charge in [0, 0.05) is 42.4 Å². The number of aryl methyl sites for hydroxylation is 2. The Morgan fingerprint density at radius 2 is 1.43 bits per heavy atom. The molecule has 5 N–H and O–H groups in total. The highest BCUT2D eigenvalue weighted by Gasteiger charge is 2.49. The van der Waals surface area contributed by atoms with E-state index in [0.717, 1.165) is 15.3 Å². The molecule has 2 aromatic heterocycles. The van der Waals surface area contributed by atoms with Crippen LogP contribution in [0.3, 0.4) is 0 Å². The van der Waals surface area contributed by atoms with Crippen LogP contribution >= 0.6 is 0 Å². The second-order valence-electron chi connectivity index (χ2n) is 10.4. The van der Waals surface area contributed by atoms with Crippen LogP contribution in [-0.4, -0.2) is 78.1 Å². The molecule has 2 aliphatic heterocycles. The van der Waals surface area contributed by atoms with Crippen molar-refractivity contribution in [1.29, 1.82) is 0 Å². The number of nitrogens with one attached hydrogen (secondary N) is 3. The van der Waals surface area contributed by atoms with E-state index in [-0.39, 0.29) is 30.4 Å². The van der Waals surface area contributed by atoms with Gasteiger partial charge in [-0.05, 0) is 20.3 Å². The molecule has 2 fully saturated rings. The van der Waals surface area contributed by atoms with Gasteiger partial charge in [-0.15, -0.1) is 0 Å². The van der Waals surface area contributed by atoms with E-state index < -0.39 is 97.3 Å². The minimum atomic E-state index is -6.07. The van der Waals surface area contributed by atoms with Crippen LogP contribution in [0.1, 0.15) is 42.8 Å². The summed E-state index contributed by atoms with van der Waals surface area (Å²) in [6.07, 6.45) is -2.75. The molecule has 2 aromatic rings. The first kappa shape index (κ1) is 33.7. The molecule has 2 saturated heterocycles. The molecule has 0 radical (unpaired) electrons. The maximum atomic E-state index is 13.0. The third kappa shape index (κ3) is 7.38. The normalized spacial score (nSPS) is 26.3. The van der Waals surface area contributed by atoms with Gasteiger partial charge in [-0.1, -0.05) is 0 Å². The number of ether oxygens (including phenoxy) is 2. The molecule has 0 unspecified atom stereocenters. The number of rotatable bonds is 10. The van der Waals surface area contributed by atoms with Crippen LogP contribution in [-0.2, 0) is 33.8 Å². The number of alkyl halides is 3. The average Bonchev–Trinajstić information content (AvgIpc) is 3.47. The van der Waals surface area contributed by atoms with Gasteiger partial charge in [0.15, 0.2) is 0 Å². The summed E-state index contributed by atoms with van der Waals surface area (Å²) >= 11 is 0. The van der Waals surface area contributed by atoms with Gasteiger partial charge < -0.3 is 15.2 Å². The Morgan fingerprint density at radius 1 is 0.932 bits per heavy atom. The second-order valence-corrected chi connectivity index (χ2v) is 13.8. The van der Waals surface area contributed by atoms with E-state index in [2.05, 4.69) is 13.9 Å². The van der Waals surface area contributed by atoms with Crippen molar-refractivity contribution in [2.24, 2.45) is 5.73 Å². The number of hydrogen-bond acceptors (Lipinski definition) is 12. The number of hydrogen-bond donors (Lipinski definition) is 4. The van der Waals surface area contributed by atoms with E-state index in [1.165, 1.54) is 20.0 Å². The molecule has 22 heteroatoms. The van der Waals surface area contributed by atoms with E-state index in [0.29, 0.717) is 0 Å². The molecule has 2 aliphatic rings. The Morgan fingerprint density at radius 3 is 1.95 bits per heavy atom. The van der Waals surface area contributed by atoms with Crippen molar-refractivity contribution >= 4 is 20.1 Å². The van der Waals surface area contributed by atoms with Crippen LogP contribution < -0.4 is 33.0 Å². The van der Waals surface area contributed by atoms with Crippen LogP contribution in [0.2, 0.25) is 0 Å². The first-order chi connectivity index (χ1) is 20.3. The Kier molecular flexibility index (Phi) is 9.45. The lowest BCUT2D eigenvalue weighted by molar-refractivity contribution is -0.0620. The Balaban J connectivity index is 1.48. The molecule has 0 amide bonds. The van der Waals surface area contributed by atoms with Gasteiger partial charge in [0.2, 0.25) is 10.0 Å². The molecule has 44 heavy (non-hydrogen) atoms. The highest BCUT2D eigenvalue weighted by molar-refractivity contribution is 7.89. The molecule has 0 bridgehead atoms. The minimum Gasteiger partial charge on any atom is -0.353 e. The summed E-state index contributed by atoms with van der Waals surface area (Å²) < 4.78 is 107. The second kappa shape index (κ2) is 12.3. The summed E-state index contributed by atoms with van der Waals surface area (Å²) in [5.41, 5.74) is -2.37. The zero-order valence-electron chi connectivity index (χ0n) is 23.1. The lowest BCUT2D eigenvalue weighted by Gasteiger charge is -2.21. The van der Waals surface area contributed by atoms with E-state index in [1.54, 1.807) is 0 Å². The predicted octanol–water partition coefficient (Wildman–Crippen LogP) is -1.85. The Bertz CT molecular complexity index is 1850. The molecule has 4 heterocycles. The number of aromatic amines is 2. The number of nitrogens with two attached hydrogens (primary N) is 1. The lowest BCUT2D eigenvalue weighted by atomic mass is 10.1. The third-order valence-electron chi connectivity index (χ3n) is 7.10. The first-order valence-corrected chi connectivity index (χ1v) is 16.0. The maximum Gasteiger partial charge on any atom is 0.523 e. The largest absolute Gasteiger partial charge is 0.523 e. The number of sulfonamides is 1. The smallest absolute Gasteiger partial charge is 0.353 e. The molecule has 6 atom stereocenters. The van der Waals surface area contributed by atoms with Crippen molar-refractivity contribution in [3.63, 3.8) is 0 Å². The zero-order valence-corrected chi connectivity index (χ0v) is 24.7. The van der Waals surface area contributed by atoms with Crippen molar-refractivity contribution in [3.8, 4) is 0 Å². The lowest BCUT2D eigenvalue weighted by Crippen LogP contribution is -2.44. The van der Waals surface area contributed by atoms with Crippen molar-refractivity contribution in [2.75, 3.05) is 12.4 Å². The fourth-order valence-electron chi connectivity index (χ4n) is 4.77. The van der Waals surface area contributed by atoms with Crippen LogP contribution in [0.5, 0.6) is 0 Å². The maximum absolute atomic E-state index is 13.0. The standard InChI is InChI=1S/C22H29F3N6O11S2/c1-10-7-30(20(34)27-18(10)32)16-5-12(26)14(41-16)3-4-43(36,37)29-13-6-17(31-8-11(2)19(33)28-21(31)35)42-15(13)9-40-44(38,39)22(23,24)25/h7-8,12-17,29H,3-6,9,26H2,1-2H3,(H,27,32,34)(H,28,33,35)/t12-,13-,14+,15+,16+,17+/m0/s1. The highest BCUT2D eigenvalue weighted by Crippen LogP contribution is 2.32. The van der Waals surface area contributed by atoms with Gasteiger partial charge in [-0.3, -0.25) is 32.9 Å². The van der Waals surface area contributed by atoms with E-state index in [1.807, 2.05) is 4.98 Å². The number of aromatic nitrogens is 4. The summed E-state index contributed by atoms with van der Waals surface area (Å²) in [5.74, 6) is -0.620. The predicted molar refractivity (Wildman–Crippen MR) is 143 cm³/mol. The monoisotopic (exact) mass is 674 g/mol. The fraction of sp³-hybridized carbons (Fsp3) is 0.636. The van der Waals surface area contributed by atoms with Gasteiger partial charge in [-0.25, -0.2) is 22.7 Å². The third-order valence-corrected chi connectivity index (χ3v) is 9.55. The molecule has 0 aromatic carbocycles. The molecular formula is C22H29F3N6O11S2. The van der Waals surface area contributed by atoms with Crippen molar-refractivity contribution in [1.82, 2.24) is 23.8 Å². The fourth-order valence-corrected chi connectivity index (χ4v) is 6.58. The first-order valence-electron chi connectivity index (χ1n) is 12.9. The Labute approximate surface area is 246 Å². The van der Waals surface area contributed by atoms with Crippen LogP contribution in [0.15, 0.2) is 31.6 Å². The zero-order chi connectivity index (χ0) is 32.8. The topological polar surface area (TPSA) is 244 Å². The molecule has 0 saturated carbocycles. The number of H-pyrrole nitrogens is 2. The summed E-state index contributed by atoms with van der Waals surface area (Å²) in [6.45, 7) is 1.58. The molecule has 246 valence electrons. The number of halogens is 3. The van der Waals surface area contributed by atoms with E-state index in [9.17, 15) is 49.2 Å². The molecular weight excluding hydrogens is 645 g/mol. The molecule has 17 nitrogen and oxygen atoms in total. The molecule has 0 aliphatic carbocycles. The summed E-state index contributed by atoms with van der Waals surface area (Å²) in [5, 5.41) is 0. The van der Waals surface area contributed by atoms with Gasteiger partial charge in [-0.2, -0.15) is 21.6 Å². The molecule has 4 rings (SSSR count). The van der Waals surface area contributed by atoms with Crippen molar-refractivity contribution in [2.45, 2.75) is 75.4 Å². The SMILES string of the molecule is Cc1cn([C@H]2C[C@H](NS(=O)(=O)CC[C@H]3O[C@@H](n4cc(C)c(=O)[nH]c4=O)C[C@@H]3N)[C@@H](COS(=O)(=O)C(F)(F)F)O2)c(=O)[nH]c1=O. The van der Waals surface area contributed by atoms with E-state index >= 15 is 0 Å². The Hall–Kier alpha value is -3.15. The van der Waals surface area contributed by atoms with Crippen molar-refractivity contribution in [3.05, 3.63) is 65.2 Å². The van der Waals surface area contributed by atoms with Crippen LogP contribution in [0.25, 0.3) is 0 Å². The van der Waals surface area contributed by atoms with Gasteiger partial charge >= 0.3 is 27.0 Å². The minimum absolute atomic E-state index is 0.0650. The van der Waals surface area contributed by atoms with Crippen molar-refractivity contribution < 1.29 is 43.7 Å². The van der Waals surface area contributed by atoms with Crippen LogP contribution in [0.4, 0.5) is 13.2 Å². The highest BCUT2D eigenvalue weighted by atomic mass is 32.2. The summed E-state index contributed by atoms with van der Waals surface area (Å²) in [6, 6.07) is -2.08. The van der Waals surface area contributed by atoms with Gasteiger partial charge in [0.1, 0.15) is 18.6 Å². The average molecular weight is 675 g/mol. The number of nitrogens with zero attached hydrogens (tertiary/aromatic N) is 2. The van der Waals surface area contributed by atoms with Gasteiger partial charge in [0.25, 0.3) is 11.1 Å². The molecule has 0 spiro atoms.